The van der Waals surface area contributed by atoms with Gasteiger partial charge in [-0.2, -0.15) is 0 Å². The fourth-order valence-corrected chi connectivity index (χ4v) is 2.30. The van der Waals surface area contributed by atoms with Crippen LogP contribution in [0.25, 0.3) is 0 Å². The Kier molecular flexibility index (Phi) is 4.02. The Labute approximate surface area is 97.8 Å². The molecule has 90 valence electrons. The summed E-state index contributed by atoms with van der Waals surface area (Å²) < 4.78 is 5.50. The van der Waals surface area contributed by atoms with Gasteiger partial charge in [0.05, 0.1) is 12.8 Å². The van der Waals surface area contributed by atoms with Crippen LogP contribution in [0.1, 0.15) is 31.1 Å². The van der Waals surface area contributed by atoms with E-state index in [1.165, 1.54) is 24.9 Å². The van der Waals surface area contributed by atoms with Gasteiger partial charge in [0, 0.05) is 12.6 Å². The minimum absolute atomic E-state index is 0.676. The van der Waals surface area contributed by atoms with Crippen molar-refractivity contribution in [3.63, 3.8) is 0 Å². The molecule has 1 fully saturated rings. The van der Waals surface area contributed by atoms with E-state index in [2.05, 4.69) is 24.1 Å². The van der Waals surface area contributed by atoms with Crippen LogP contribution in [0.15, 0.2) is 16.7 Å². The average Bonchev–Trinajstić information content (AvgIpc) is 2.90. The highest BCUT2D eigenvalue weighted by Crippen LogP contribution is 2.13. The molecule has 0 spiro atoms. The average molecular weight is 222 g/mol. The van der Waals surface area contributed by atoms with Crippen molar-refractivity contribution in [1.29, 1.82) is 0 Å². The first kappa shape index (κ1) is 11.7. The Morgan fingerprint density at radius 1 is 1.56 bits per heavy atom. The van der Waals surface area contributed by atoms with Crippen molar-refractivity contribution in [2.45, 2.75) is 39.3 Å². The molecule has 1 N–H and O–H groups in total. The van der Waals surface area contributed by atoms with E-state index >= 15 is 0 Å². The fraction of sp³-hybridized carbons (Fsp3) is 0.692. The van der Waals surface area contributed by atoms with Crippen molar-refractivity contribution < 1.29 is 4.42 Å². The second-order valence-electron chi connectivity index (χ2n) is 4.65. The molecule has 0 bridgehead atoms. The number of rotatable bonds is 5. The molecule has 1 saturated heterocycles. The maximum atomic E-state index is 5.50. The third-order valence-corrected chi connectivity index (χ3v) is 3.42. The van der Waals surface area contributed by atoms with Gasteiger partial charge in [0.1, 0.15) is 5.76 Å². The van der Waals surface area contributed by atoms with E-state index in [1.807, 2.05) is 6.07 Å². The van der Waals surface area contributed by atoms with Gasteiger partial charge in [-0.25, -0.2) is 0 Å². The van der Waals surface area contributed by atoms with Crippen LogP contribution < -0.4 is 5.32 Å². The van der Waals surface area contributed by atoms with E-state index in [1.54, 1.807) is 6.26 Å². The summed E-state index contributed by atoms with van der Waals surface area (Å²) >= 11 is 0. The molecule has 0 radical (unpaired) electrons. The maximum Gasteiger partial charge on any atom is 0.120 e. The van der Waals surface area contributed by atoms with E-state index < -0.39 is 0 Å². The summed E-state index contributed by atoms with van der Waals surface area (Å²) in [6.45, 7) is 8.66. The van der Waals surface area contributed by atoms with E-state index in [9.17, 15) is 0 Å². The van der Waals surface area contributed by atoms with Crippen molar-refractivity contribution in [1.82, 2.24) is 10.2 Å². The van der Waals surface area contributed by atoms with Crippen LogP contribution in [-0.4, -0.2) is 30.6 Å². The fourth-order valence-electron chi connectivity index (χ4n) is 2.30. The third-order valence-electron chi connectivity index (χ3n) is 3.42. The molecule has 2 rings (SSSR count). The minimum atomic E-state index is 0.676. The zero-order chi connectivity index (χ0) is 11.4. The highest BCUT2D eigenvalue weighted by Gasteiger charge is 2.18. The van der Waals surface area contributed by atoms with Crippen molar-refractivity contribution >= 4 is 0 Å². The molecule has 0 aromatic carbocycles. The molecule has 1 aromatic heterocycles. The molecular formula is C13H22N2O. The number of likely N-dealkylation sites (N-methyl/N-ethyl adjacent to an activating group) is 1. The predicted molar refractivity (Wildman–Crippen MR) is 65.4 cm³/mol. The first-order chi connectivity index (χ1) is 7.79. The topological polar surface area (TPSA) is 28.4 Å². The zero-order valence-electron chi connectivity index (χ0n) is 10.3. The number of hydrogen-bond acceptors (Lipinski definition) is 3. The Bertz CT molecular complexity index is 315. The van der Waals surface area contributed by atoms with Crippen LogP contribution in [0.2, 0.25) is 0 Å². The quantitative estimate of drug-likeness (QED) is 0.827. The van der Waals surface area contributed by atoms with Gasteiger partial charge in [-0.1, -0.05) is 6.92 Å². The molecule has 0 saturated carbocycles. The Hall–Kier alpha value is -0.800. The molecule has 3 heteroatoms. The monoisotopic (exact) mass is 222 g/mol. The van der Waals surface area contributed by atoms with Crippen molar-refractivity contribution in [2.24, 2.45) is 0 Å². The van der Waals surface area contributed by atoms with Crippen LogP contribution in [0, 0.1) is 6.92 Å². The molecule has 16 heavy (non-hydrogen) atoms. The summed E-state index contributed by atoms with van der Waals surface area (Å²) in [7, 11) is 0. The van der Waals surface area contributed by atoms with Gasteiger partial charge >= 0.3 is 0 Å². The van der Waals surface area contributed by atoms with Crippen LogP contribution in [-0.2, 0) is 6.54 Å². The van der Waals surface area contributed by atoms with E-state index in [-0.39, 0.29) is 0 Å². The van der Waals surface area contributed by atoms with Crippen LogP contribution in [0.5, 0.6) is 0 Å². The molecule has 2 heterocycles. The SMILES string of the molecule is CCN(Cc1occc1C)CC1CCCN1. The first-order valence-electron chi connectivity index (χ1n) is 6.28. The van der Waals surface area contributed by atoms with Crippen molar-refractivity contribution in [2.75, 3.05) is 19.6 Å². The first-order valence-corrected chi connectivity index (χ1v) is 6.28. The van der Waals surface area contributed by atoms with Crippen LogP contribution in [0.4, 0.5) is 0 Å². The van der Waals surface area contributed by atoms with Gasteiger partial charge in [-0.05, 0) is 44.5 Å². The van der Waals surface area contributed by atoms with Crippen molar-refractivity contribution in [3.05, 3.63) is 23.7 Å². The Morgan fingerprint density at radius 2 is 2.44 bits per heavy atom. The standard InChI is InChI=1S/C13H22N2O/c1-3-15(9-12-5-4-7-14-12)10-13-11(2)6-8-16-13/h6,8,12,14H,3-5,7,9-10H2,1-2H3. The summed E-state index contributed by atoms with van der Waals surface area (Å²) in [5.74, 6) is 1.11. The van der Waals surface area contributed by atoms with E-state index in [4.69, 9.17) is 4.42 Å². The largest absolute Gasteiger partial charge is 0.468 e. The van der Waals surface area contributed by atoms with E-state index in [0.717, 1.165) is 25.4 Å². The maximum absolute atomic E-state index is 5.50. The molecule has 3 nitrogen and oxygen atoms in total. The lowest BCUT2D eigenvalue weighted by atomic mass is 10.2. The number of hydrogen-bond donors (Lipinski definition) is 1. The molecular weight excluding hydrogens is 200 g/mol. The molecule has 1 unspecified atom stereocenters. The molecule has 1 aliphatic rings. The molecule has 1 aliphatic heterocycles. The summed E-state index contributed by atoms with van der Waals surface area (Å²) in [6, 6.07) is 2.71. The van der Waals surface area contributed by atoms with Crippen molar-refractivity contribution in [3.8, 4) is 0 Å². The Morgan fingerprint density at radius 3 is 3.00 bits per heavy atom. The van der Waals surface area contributed by atoms with Gasteiger partial charge in [0.15, 0.2) is 0 Å². The van der Waals surface area contributed by atoms with Gasteiger partial charge in [-0.15, -0.1) is 0 Å². The van der Waals surface area contributed by atoms with Crippen LogP contribution >= 0.6 is 0 Å². The second kappa shape index (κ2) is 5.51. The summed E-state index contributed by atoms with van der Waals surface area (Å²) in [5, 5.41) is 3.54. The molecule has 1 aromatic rings. The lowest BCUT2D eigenvalue weighted by Crippen LogP contribution is -2.37. The summed E-state index contributed by atoms with van der Waals surface area (Å²) in [4.78, 5) is 2.45. The lowest BCUT2D eigenvalue weighted by Gasteiger charge is -2.23. The number of nitrogens with zero attached hydrogens (tertiary/aromatic N) is 1. The smallest absolute Gasteiger partial charge is 0.120 e. The lowest BCUT2D eigenvalue weighted by molar-refractivity contribution is 0.233. The zero-order valence-corrected chi connectivity index (χ0v) is 10.3. The van der Waals surface area contributed by atoms with Gasteiger partial charge in [0.25, 0.3) is 0 Å². The second-order valence-corrected chi connectivity index (χ2v) is 4.65. The molecule has 1 atom stereocenters. The minimum Gasteiger partial charge on any atom is -0.468 e. The number of furan rings is 1. The third kappa shape index (κ3) is 2.86. The highest BCUT2D eigenvalue weighted by molar-refractivity contribution is 5.14. The van der Waals surface area contributed by atoms with Gasteiger partial charge < -0.3 is 9.73 Å². The normalized spacial score (nSPS) is 20.8. The summed E-state index contributed by atoms with van der Waals surface area (Å²) in [6.07, 6.45) is 4.42. The predicted octanol–water partition coefficient (Wildman–Crippen LogP) is 2.16. The van der Waals surface area contributed by atoms with Gasteiger partial charge in [-0.3, -0.25) is 4.90 Å². The Balaban J connectivity index is 1.87. The highest BCUT2D eigenvalue weighted by atomic mass is 16.3. The van der Waals surface area contributed by atoms with Gasteiger partial charge in [0.2, 0.25) is 0 Å². The van der Waals surface area contributed by atoms with E-state index in [0.29, 0.717) is 6.04 Å². The molecule has 0 amide bonds. The number of aryl methyl sites for hydroxylation is 1. The number of nitrogens with one attached hydrogen (secondary N) is 1. The molecule has 0 aliphatic carbocycles. The van der Waals surface area contributed by atoms with Crippen LogP contribution in [0.3, 0.4) is 0 Å². The summed E-state index contributed by atoms with van der Waals surface area (Å²) in [5.41, 5.74) is 1.26.